The van der Waals surface area contributed by atoms with Crippen molar-refractivity contribution in [1.82, 2.24) is 9.78 Å². The number of rotatable bonds is 4. The number of carbonyl (C=O) groups is 1. The number of amides is 1. The number of carbonyl (C=O) groups excluding carboxylic acids is 1. The van der Waals surface area contributed by atoms with E-state index in [2.05, 4.69) is 21.0 Å². The van der Waals surface area contributed by atoms with Gasteiger partial charge in [0.15, 0.2) is 0 Å². The van der Waals surface area contributed by atoms with Crippen molar-refractivity contribution in [1.29, 1.82) is 0 Å². The highest BCUT2D eigenvalue weighted by molar-refractivity contribution is 9.10. The lowest BCUT2D eigenvalue weighted by molar-refractivity contribution is 0.100. The zero-order valence-electron chi connectivity index (χ0n) is 10.5. The van der Waals surface area contributed by atoms with Gasteiger partial charge in [0.05, 0.1) is 17.4 Å². The highest BCUT2D eigenvalue weighted by atomic mass is 79.9. The van der Waals surface area contributed by atoms with Crippen LogP contribution in [0.2, 0.25) is 0 Å². The van der Waals surface area contributed by atoms with Crippen LogP contribution in [0.5, 0.6) is 0 Å². The fourth-order valence-corrected chi connectivity index (χ4v) is 2.20. The Bertz CT molecular complexity index is 606. The number of nitrogens with two attached hydrogens (primary N) is 2. The second-order valence-electron chi connectivity index (χ2n) is 4.49. The van der Waals surface area contributed by atoms with E-state index in [0.29, 0.717) is 5.56 Å². The van der Waals surface area contributed by atoms with Gasteiger partial charge < -0.3 is 11.5 Å². The molecule has 1 aromatic heterocycles. The molecule has 5 nitrogen and oxygen atoms in total. The molecule has 6 heteroatoms. The molecule has 1 atom stereocenters. The molecule has 1 amide bonds. The minimum absolute atomic E-state index is 0.0473. The lowest BCUT2D eigenvalue weighted by Crippen LogP contribution is -2.19. The van der Waals surface area contributed by atoms with E-state index in [1.165, 1.54) is 6.20 Å². The molecule has 2 aromatic rings. The lowest BCUT2D eigenvalue weighted by Gasteiger charge is -2.12. The molecule has 0 fully saturated rings. The largest absolute Gasteiger partial charge is 0.366 e. The maximum atomic E-state index is 11.1. The summed E-state index contributed by atoms with van der Waals surface area (Å²) in [6.45, 7) is 1.95. The third-order valence-corrected chi connectivity index (χ3v) is 3.20. The average Bonchev–Trinajstić information content (AvgIpc) is 2.80. The molecule has 1 heterocycles. The van der Waals surface area contributed by atoms with Gasteiger partial charge in [0.25, 0.3) is 5.91 Å². The second kappa shape index (κ2) is 5.54. The Balaban J connectivity index is 2.46. The van der Waals surface area contributed by atoms with Gasteiger partial charge in [0, 0.05) is 16.7 Å². The predicted molar refractivity (Wildman–Crippen MR) is 77.1 cm³/mol. The van der Waals surface area contributed by atoms with Gasteiger partial charge in [-0.3, -0.25) is 4.79 Å². The number of hydrogen-bond donors (Lipinski definition) is 2. The van der Waals surface area contributed by atoms with Crippen LogP contribution in [0.1, 0.15) is 22.8 Å². The molecule has 0 aliphatic carbocycles. The van der Waals surface area contributed by atoms with Crippen LogP contribution in [0.15, 0.2) is 35.1 Å². The van der Waals surface area contributed by atoms with Crippen LogP contribution in [0, 0.1) is 0 Å². The Hall–Kier alpha value is -1.66. The van der Waals surface area contributed by atoms with Crippen molar-refractivity contribution in [2.45, 2.75) is 19.4 Å². The number of nitrogens with zero attached hydrogens (tertiary/aromatic N) is 2. The third kappa shape index (κ3) is 3.21. The summed E-state index contributed by atoms with van der Waals surface area (Å²) in [5, 5.41) is 4.17. The van der Waals surface area contributed by atoms with Crippen molar-refractivity contribution in [2.75, 3.05) is 0 Å². The van der Waals surface area contributed by atoms with E-state index >= 15 is 0 Å². The number of aromatic nitrogens is 2. The normalized spacial score (nSPS) is 12.4. The molecule has 0 aliphatic rings. The Morgan fingerprint density at radius 1 is 1.53 bits per heavy atom. The Morgan fingerprint density at radius 2 is 2.26 bits per heavy atom. The molecule has 19 heavy (non-hydrogen) atoms. The maximum Gasteiger partial charge on any atom is 0.251 e. The fraction of sp³-hybridized carbons (Fsp3) is 0.231. The summed E-state index contributed by atoms with van der Waals surface area (Å²) >= 11 is 3.43. The van der Waals surface area contributed by atoms with Gasteiger partial charge in [-0.2, -0.15) is 5.10 Å². The fourth-order valence-electron chi connectivity index (χ4n) is 1.85. The van der Waals surface area contributed by atoms with Gasteiger partial charge in [-0.05, 0) is 31.0 Å². The van der Waals surface area contributed by atoms with Crippen molar-refractivity contribution in [3.05, 3.63) is 46.2 Å². The standard InChI is InChI=1S/C13H15BrN4O/c1-8(15)4-9-2-3-11(14)5-12(9)18-7-10(6-17-18)13(16)19/h2-3,5-8H,4,15H2,1H3,(H2,16,19). The van der Waals surface area contributed by atoms with Gasteiger partial charge in [-0.25, -0.2) is 4.68 Å². The Morgan fingerprint density at radius 3 is 2.84 bits per heavy atom. The third-order valence-electron chi connectivity index (χ3n) is 2.70. The second-order valence-corrected chi connectivity index (χ2v) is 5.41. The lowest BCUT2D eigenvalue weighted by atomic mass is 10.1. The van der Waals surface area contributed by atoms with Crippen molar-refractivity contribution in [3.63, 3.8) is 0 Å². The van der Waals surface area contributed by atoms with E-state index in [0.717, 1.165) is 22.1 Å². The van der Waals surface area contributed by atoms with Crippen LogP contribution in [0.4, 0.5) is 0 Å². The first-order chi connectivity index (χ1) is 8.97. The van der Waals surface area contributed by atoms with Crippen LogP contribution in [-0.4, -0.2) is 21.7 Å². The predicted octanol–water partition coefficient (Wildman–Crippen LogP) is 1.62. The summed E-state index contributed by atoms with van der Waals surface area (Å²) in [6.07, 6.45) is 3.81. The number of benzene rings is 1. The minimum Gasteiger partial charge on any atom is -0.366 e. The van der Waals surface area contributed by atoms with Gasteiger partial charge >= 0.3 is 0 Å². The van der Waals surface area contributed by atoms with Crippen molar-refractivity contribution in [2.24, 2.45) is 11.5 Å². The SMILES string of the molecule is CC(N)Cc1ccc(Br)cc1-n1cc(C(N)=O)cn1. The zero-order chi connectivity index (χ0) is 14.0. The topological polar surface area (TPSA) is 86.9 Å². The smallest absolute Gasteiger partial charge is 0.251 e. The molecular weight excluding hydrogens is 308 g/mol. The molecule has 1 aromatic carbocycles. The highest BCUT2D eigenvalue weighted by Gasteiger charge is 2.11. The summed E-state index contributed by atoms with van der Waals surface area (Å²) in [4.78, 5) is 11.1. The van der Waals surface area contributed by atoms with Gasteiger partial charge in [-0.15, -0.1) is 0 Å². The number of hydrogen-bond acceptors (Lipinski definition) is 3. The van der Waals surface area contributed by atoms with E-state index in [9.17, 15) is 4.79 Å². The first kappa shape index (κ1) is 13.8. The molecule has 0 bridgehead atoms. The summed E-state index contributed by atoms with van der Waals surface area (Å²) in [6, 6.07) is 5.94. The summed E-state index contributed by atoms with van der Waals surface area (Å²) in [5.74, 6) is -0.491. The average molecular weight is 323 g/mol. The molecule has 0 aliphatic heterocycles. The van der Waals surface area contributed by atoms with Crippen molar-refractivity contribution >= 4 is 21.8 Å². The highest BCUT2D eigenvalue weighted by Crippen LogP contribution is 2.21. The molecule has 100 valence electrons. The van der Waals surface area contributed by atoms with Crippen molar-refractivity contribution < 1.29 is 4.79 Å². The molecule has 0 spiro atoms. The number of primary amides is 1. The Labute approximate surface area is 119 Å². The first-order valence-corrected chi connectivity index (χ1v) is 6.65. The summed E-state index contributed by atoms with van der Waals surface area (Å²) < 4.78 is 2.58. The molecule has 0 radical (unpaired) electrons. The monoisotopic (exact) mass is 322 g/mol. The molecular formula is C13H15BrN4O. The van der Waals surface area contributed by atoms with Crippen LogP contribution in [0.25, 0.3) is 5.69 Å². The quantitative estimate of drug-likeness (QED) is 0.896. The molecule has 0 saturated heterocycles. The van der Waals surface area contributed by atoms with Gasteiger partial charge in [-0.1, -0.05) is 22.0 Å². The van der Waals surface area contributed by atoms with Gasteiger partial charge in [0.1, 0.15) is 0 Å². The summed E-state index contributed by atoms with van der Waals surface area (Å²) in [5.41, 5.74) is 13.4. The van der Waals surface area contributed by atoms with E-state index in [-0.39, 0.29) is 6.04 Å². The zero-order valence-corrected chi connectivity index (χ0v) is 12.1. The van der Waals surface area contributed by atoms with E-state index in [1.54, 1.807) is 10.9 Å². The van der Waals surface area contributed by atoms with Crippen LogP contribution in [-0.2, 0) is 6.42 Å². The van der Waals surface area contributed by atoms with Crippen LogP contribution >= 0.6 is 15.9 Å². The van der Waals surface area contributed by atoms with Crippen molar-refractivity contribution in [3.8, 4) is 5.69 Å². The molecule has 2 rings (SSSR count). The van der Waals surface area contributed by atoms with E-state index in [1.807, 2.05) is 25.1 Å². The molecule has 1 unspecified atom stereocenters. The maximum absolute atomic E-state index is 11.1. The molecule has 4 N–H and O–H groups in total. The first-order valence-electron chi connectivity index (χ1n) is 5.86. The summed E-state index contributed by atoms with van der Waals surface area (Å²) in [7, 11) is 0. The van der Waals surface area contributed by atoms with Crippen LogP contribution in [0.3, 0.4) is 0 Å². The minimum atomic E-state index is -0.491. The Kier molecular flexibility index (Phi) is 4.01. The van der Waals surface area contributed by atoms with Crippen LogP contribution < -0.4 is 11.5 Å². The molecule has 0 saturated carbocycles. The van der Waals surface area contributed by atoms with E-state index < -0.39 is 5.91 Å². The van der Waals surface area contributed by atoms with Gasteiger partial charge in [0.2, 0.25) is 0 Å². The number of halogens is 1. The van der Waals surface area contributed by atoms with E-state index in [4.69, 9.17) is 11.5 Å².